The molecule has 0 radical (unpaired) electrons. The fraction of sp³-hybridized carbons (Fsp3) is 0.167. The summed E-state index contributed by atoms with van der Waals surface area (Å²) in [5, 5.41) is 6.63. The van der Waals surface area contributed by atoms with E-state index in [1.807, 2.05) is 41.8 Å². The van der Waals surface area contributed by atoms with Crippen LogP contribution in [0.2, 0.25) is 0 Å². The van der Waals surface area contributed by atoms with Crippen molar-refractivity contribution >= 4 is 55.9 Å². The van der Waals surface area contributed by atoms with Crippen LogP contribution in [0.3, 0.4) is 0 Å². The number of aromatic nitrogens is 1. The van der Waals surface area contributed by atoms with Crippen LogP contribution in [0.15, 0.2) is 91.7 Å². The number of hydrogen-bond donors (Lipinski definition) is 0. The second-order valence-corrected chi connectivity index (χ2v) is 11.5. The highest BCUT2D eigenvalue weighted by atomic mass is 127. The van der Waals surface area contributed by atoms with Crippen LogP contribution in [0.5, 0.6) is 0 Å². The minimum Gasteiger partial charge on any atom is -0.463 e. The van der Waals surface area contributed by atoms with Crippen LogP contribution in [0.1, 0.15) is 5.56 Å². The summed E-state index contributed by atoms with van der Waals surface area (Å²) in [6.07, 6.45) is 3.41. The summed E-state index contributed by atoms with van der Waals surface area (Å²) >= 11 is 3.70. The van der Waals surface area contributed by atoms with E-state index in [1.54, 1.807) is 41.4 Å². The van der Waals surface area contributed by atoms with Gasteiger partial charge >= 0.3 is 0 Å². The molecule has 5 rings (SSSR count). The molecule has 4 aromatic rings. The van der Waals surface area contributed by atoms with Crippen LogP contribution in [-0.2, 0) is 14.8 Å². The highest BCUT2D eigenvalue weighted by Gasteiger charge is 2.26. The number of benzene rings is 2. The molecule has 0 atom stereocenters. The molecule has 0 bridgehead atoms. The van der Waals surface area contributed by atoms with Gasteiger partial charge in [0.15, 0.2) is 5.76 Å². The summed E-state index contributed by atoms with van der Waals surface area (Å²) < 4.78 is 40.9. The molecule has 0 spiro atoms. The van der Waals surface area contributed by atoms with Gasteiger partial charge in [-0.1, -0.05) is 18.2 Å². The molecule has 1 aliphatic heterocycles. The fourth-order valence-electron chi connectivity index (χ4n) is 3.52. The van der Waals surface area contributed by atoms with Gasteiger partial charge in [-0.3, -0.25) is 0 Å². The van der Waals surface area contributed by atoms with Gasteiger partial charge in [0.25, 0.3) is 0 Å². The van der Waals surface area contributed by atoms with Gasteiger partial charge in [-0.2, -0.15) is 9.41 Å². The molecule has 8 nitrogen and oxygen atoms in total. The van der Waals surface area contributed by atoms with Gasteiger partial charge in [-0.15, -0.1) is 11.3 Å². The molecular weight excluding hydrogens is 599 g/mol. The third-order valence-electron chi connectivity index (χ3n) is 5.35. The molecule has 1 saturated heterocycles. The maximum Gasteiger partial charge on any atom is 0.243 e. The molecule has 11 heteroatoms. The number of sulfonamides is 1. The predicted octanol–water partition coefficient (Wildman–Crippen LogP) is 4.55. The molecule has 2 aromatic carbocycles. The number of ether oxygens (including phenoxy) is 1. The Bertz CT molecular complexity index is 1500. The van der Waals surface area contributed by atoms with E-state index in [2.05, 4.69) is 22.6 Å². The average Bonchev–Trinajstić information content (AvgIpc) is 3.55. The zero-order chi connectivity index (χ0) is 24.3. The highest BCUT2D eigenvalue weighted by molar-refractivity contribution is 14.1. The Morgan fingerprint density at radius 2 is 1.77 bits per heavy atom. The van der Waals surface area contributed by atoms with Gasteiger partial charge in [-0.05, 0) is 65.1 Å². The minimum absolute atomic E-state index is 0.241. The number of halogens is 1. The van der Waals surface area contributed by atoms with Crippen LogP contribution in [0, 0.1) is 3.57 Å². The summed E-state index contributed by atoms with van der Waals surface area (Å²) in [6.45, 7) is 1.53. The minimum atomic E-state index is -3.56. The number of nitrogens with zero attached hydrogens (tertiary/aromatic N) is 4. The van der Waals surface area contributed by atoms with E-state index >= 15 is 0 Å². The van der Waals surface area contributed by atoms with Crippen molar-refractivity contribution in [2.24, 2.45) is 10.1 Å². The monoisotopic (exact) mass is 620 g/mol. The molecular formula is C24H21IN4O4S2. The second kappa shape index (κ2) is 10.6. The van der Waals surface area contributed by atoms with Crippen LogP contribution < -0.4 is 4.80 Å². The van der Waals surface area contributed by atoms with Crippen molar-refractivity contribution in [3.63, 3.8) is 0 Å². The number of furan rings is 1. The maximum atomic E-state index is 12.9. The molecule has 0 aliphatic carbocycles. The van der Waals surface area contributed by atoms with Crippen molar-refractivity contribution in [3.05, 3.63) is 86.2 Å². The number of rotatable bonds is 6. The van der Waals surface area contributed by atoms with Crippen LogP contribution in [-0.4, -0.2) is 49.9 Å². The molecule has 2 aromatic heterocycles. The lowest BCUT2D eigenvalue weighted by Gasteiger charge is -2.26. The number of thiazole rings is 1. The van der Waals surface area contributed by atoms with E-state index in [4.69, 9.17) is 19.2 Å². The van der Waals surface area contributed by atoms with E-state index in [-0.39, 0.29) is 4.90 Å². The van der Waals surface area contributed by atoms with Crippen LogP contribution in [0.4, 0.5) is 5.69 Å². The predicted molar refractivity (Wildman–Crippen MR) is 143 cm³/mol. The van der Waals surface area contributed by atoms with Gasteiger partial charge < -0.3 is 9.15 Å². The first-order chi connectivity index (χ1) is 17.0. The van der Waals surface area contributed by atoms with Crippen molar-refractivity contribution in [2.75, 3.05) is 26.3 Å². The molecule has 0 N–H and O–H groups in total. The normalized spacial score (nSPS) is 15.7. The van der Waals surface area contributed by atoms with E-state index in [9.17, 15) is 8.42 Å². The molecule has 1 fully saturated rings. The Labute approximate surface area is 220 Å². The van der Waals surface area contributed by atoms with Crippen molar-refractivity contribution in [3.8, 4) is 11.5 Å². The Morgan fingerprint density at radius 3 is 2.49 bits per heavy atom. The van der Waals surface area contributed by atoms with Gasteiger partial charge in [0.05, 0.1) is 36.3 Å². The van der Waals surface area contributed by atoms with Crippen LogP contribution >= 0.6 is 33.9 Å². The standard InChI is InChI=1S/C24H21IN4O4S2/c25-21-5-2-1-4-18(21)16-26-29-22(23-6-3-13-33-23)17-34-24(29)27-19-7-9-20(10-8-19)35(30,31)28-11-14-32-15-12-28/h1-10,13,16-17H,11-12,14-15H2. The van der Waals surface area contributed by atoms with Gasteiger partial charge in [0, 0.05) is 27.6 Å². The molecule has 180 valence electrons. The van der Waals surface area contributed by atoms with Gasteiger partial charge in [0.2, 0.25) is 14.8 Å². The van der Waals surface area contributed by atoms with Crippen LogP contribution in [0.25, 0.3) is 11.5 Å². The van der Waals surface area contributed by atoms with Crippen molar-refractivity contribution < 1.29 is 17.6 Å². The number of hydrogen-bond acceptors (Lipinski definition) is 7. The molecule has 35 heavy (non-hydrogen) atoms. The van der Waals surface area contributed by atoms with E-state index in [1.165, 1.54) is 15.6 Å². The lowest BCUT2D eigenvalue weighted by molar-refractivity contribution is 0.0730. The smallest absolute Gasteiger partial charge is 0.243 e. The first-order valence-corrected chi connectivity index (χ1v) is 14.2. The summed E-state index contributed by atoms with van der Waals surface area (Å²) in [6, 6.07) is 18.2. The summed E-state index contributed by atoms with van der Waals surface area (Å²) in [7, 11) is -3.56. The summed E-state index contributed by atoms with van der Waals surface area (Å²) in [4.78, 5) is 5.61. The van der Waals surface area contributed by atoms with Crippen molar-refractivity contribution in [1.82, 2.24) is 8.98 Å². The summed E-state index contributed by atoms with van der Waals surface area (Å²) in [5.74, 6) is 0.676. The van der Waals surface area contributed by atoms with Gasteiger partial charge in [-0.25, -0.2) is 18.1 Å². The van der Waals surface area contributed by atoms with Gasteiger partial charge in [0.1, 0.15) is 5.69 Å². The molecule has 0 unspecified atom stereocenters. The molecule has 0 amide bonds. The van der Waals surface area contributed by atoms with E-state index in [0.29, 0.717) is 42.6 Å². The molecule has 1 aliphatic rings. The Morgan fingerprint density at radius 1 is 1.00 bits per heavy atom. The number of morpholine rings is 1. The largest absolute Gasteiger partial charge is 0.463 e. The molecule has 0 saturated carbocycles. The van der Waals surface area contributed by atoms with E-state index < -0.39 is 10.0 Å². The lowest BCUT2D eigenvalue weighted by Crippen LogP contribution is -2.40. The Hall–Kier alpha value is -2.58. The Balaban J connectivity index is 1.50. The fourth-order valence-corrected chi connectivity index (χ4v) is 6.29. The topological polar surface area (TPSA) is 89.4 Å². The second-order valence-electron chi connectivity index (χ2n) is 7.58. The van der Waals surface area contributed by atoms with Crippen molar-refractivity contribution in [1.29, 1.82) is 0 Å². The first kappa shape index (κ1) is 24.1. The summed E-state index contributed by atoms with van der Waals surface area (Å²) in [5.41, 5.74) is 2.38. The SMILES string of the molecule is O=S(=O)(c1ccc(N=c2scc(-c3ccco3)n2N=Cc2ccccc2I)cc1)N1CCOCC1. The first-order valence-electron chi connectivity index (χ1n) is 10.8. The Kier molecular flexibility index (Phi) is 7.29. The molecule has 3 heterocycles. The highest BCUT2D eigenvalue weighted by Crippen LogP contribution is 2.23. The lowest BCUT2D eigenvalue weighted by atomic mass is 10.2. The zero-order valence-electron chi connectivity index (χ0n) is 18.5. The average molecular weight is 620 g/mol. The van der Waals surface area contributed by atoms with E-state index in [0.717, 1.165) is 14.8 Å². The third-order valence-corrected chi connectivity index (χ3v) is 9.06. The zero-order valence-corrected chi connectivity index (χ0v) is 22.2. The van der Waals surface area contributed by atoms with Crippen molar-refractivity contribution in [2.45, 2.75) is 4.90 Å². The third kappa shape index (κ3) is 5.33. The maximum absolute atomic E-state index is 12.9. The quantitative estimate of drug-likeness (QED) is 0.234.